The minimum atomic E-state index is -1.84. The Morgan fingerprint density at radius 1 is 1.27 bits per heavy atom. The van der Waals surface area contributed by atoms with E-state index in [1.165, 1.54) is 17.6 Å². The summed E-state index contributed by atoms with van der Waals surface area (Å²) in [6.07, 6.45) is 8.07. The van der Waals surface area contributed by atoms with Crippen LogP contribution in [0, 0.1) is 0 Å². The first-order valence-corrected chi connectivity index (χ1v) is 8.10. The van der Waals surface area contributed by atoms with E-state index >= 15 is 0 Å². The van der Waals surface area contributed by atoms with Crippen LogP contribution in [0.15, 0.2) is 23.3 Å². The van der Waals surface area contributed by atoms with Crippen LogP contribution in [0.4, 0.5) is 0 Å². The molecule has 0 fully saturated rings. The smallest absolute Gasteiger partial charge is 0.334 e. The molecule has 2 nitrogen and oxygen atoms in total. The summed E-state index contributed by atoms with van der Waals surface area (Å²) in [5.74, 6) is 0. The number of hydrogen-bond donors (Lipinski definition) is 0. The summed E-state index contributed by atoms with van der Waals surface area (Å²) in [5.41, 5.74) is 2.96. The SMILES string of the molecule is CO[Si](C)(CCCC1=CCC=C1C)OC. The number of hydrogen-bond acceptors (Lipinski definition) is 2. The Hall–Kier alpha value is -0.383. The molecule has 0 saturated carbocycles. The zero-order chi connectivity index (χ0) is 11.3. The van der Waals surface area contributed by atoms with E-state index in [9.17, 15) is 0 Å². The third-order valence-corrected chi connectivity index (χ3v) is 6.22. The largest absolute Gasteiger partial charge is 0.398 e. The van der Waals surface area contributed by atoms with Crippen molar-refractivity contribution in [2.75, 3.05) is 14.2 Å². The number of rotatable bonds is 6. The molecule has 0 bridgehead atoms. The zero-order valence-electron chi connectivity index (χ0n) is 10.3. The molecule has 1 aliphatic rings. The highest BCUT2D eigenvalue weighted by Crippen LogP contribution is 2.25. The highest BCUT2D eigenvalue weighted by atomic mass is 28.4. The third-order valence-electron chi connectivity index (χ3n) is 3.24. The van der Waals surface area contributed by atoms with Crippen LogP contribution in [-0.2, 0) is 8.85 Å². The molecule has 15 heavy (non-hydrogen) atoms. The molecule has 0 aromatic heterocycles. The lowest BCUT2D eigenvalue weighted by molar-refractivity contribution is 0.248. The normalized spacial score (nSPS) is 16.5. The van der Waals surface area contributed by atoms with Gasteiger partial charge in [0.25, 0.3) is 0 Å². The van der Waals surface area contributed by atoms with Crippen LogP contribution >= 0.6 is 0 Å². The fourth-order valence-corrected chi connectivity index (χ4v) is 3.25. The van der Waals surface area contributed by atoms with E-state index < -0.39 is 8.56 Å². The average molecular weight is 226 g/mol. The van der Waals surface area contributed by atoms with Crippen molar-refractivity contribution in [3.8, 4) is 0 Å². The van der Waals surface area contributed by atoms with Gasteiger partial charge in [-0.25, -0.2) is 0 Å². The van der Waals surface area contributed by atoms with Crippen LogP contribution < -0.4 is 0 Å². The monoisotopic (exact) mass is 226 g/mol. The lowest BCUT2D eigenvalue weighted by Gasteiger charge is -2.22. The molecule has 0 atom stereocenters. The number of allylic oxidation sites excluding steroid dienone is 4. The second-order valence-electron chi connectivity index (χ2n) is 4.25. The fraction of sp³-hybridized carbons (Fsp3) is 0.667. The van der Waals surface area contributed by atoms with Crippen molar-refractivity contribution in [3.05, 3.63) is 23.3 Å². The van der Waals surface area contributed by atoms with E-state index in [2.05, 4.69) is 25.6 Å². The van der Waals surface area contributed by atoms with E-state index in [-0.39, 0.29) is 0 Å². The van der Waals surface area contributed by atoms with Gasteiger partial charge in [0.1, 0.15) is 0 Å². The molecule has 0 heterocycles. The molecular weight excluding hydrogens is 204 g/mol. The molecule has 0 saturated heterocycles. The van der Waals surface area contributed by atoms with Gasteiger partial charge in [-0.1, -0.05) is 17.7 Å². The van der Waals surface area contributed by atoms with Crippen molar-refractivity contribution in [2.24, 2.45) is 0 Å². The average Bonchev–Trinajstić information content (AvgIpc) is 2.64. The van der Waals surface area contributed by atoms with Gasteiger partial charge < -0.3 is 8.85 Å². The quantitative estimate of drug-likeness (QED) is 0.646. The molecule has 0 spiro atoms. The van der Waals surface area contributed by atoms with Gasteiger partial charge in [-0.05, 0) is 44.4 Å². The molecule has 0 radical (unpaired) electrons. The Morgan fingerprint density at radius 3 is 2.40 bits per heavy atom. The Morgan fingerprint density at radius 2 is 1.93 bits per heavy atom. The van der Waals surface area contributed by atoms with Gasteiger partial charge in [0.2, 0.25) is 0 Å². The molecule has 0 amide bonds. The van der Waals surface area contributed by atoms with E-state index in [0.29, 0.717) is 0 Å². The maximum Gasteiger partial charge on any atom is 0.334 e. The summed E-state index contributed by atoms with van der Waals surface area (Å²) in [6, 6.07) is 1.07. The van der Waals surface area contributed by atoms with Crippen molar-refractivity contribution in [2.45, 2.75) is 38.8 Å². The molecule has 0 aliphatic heterocycles. The van der Waals surface area contributed by atoms with E-state index in [0.717, 1.165) is 18.9 Å². The van der Waals surface area contributed by atoms with Crippen molar-refractivity contribution >= 4 is 8.56 Å². The molecule has 0 aromatic rings. The Kier molecular flexibility index (Phi) is 4.76. The maximum absolute atomic E-state index is 5.46. The summed E-state index contributed by atoms with van der Waals surface area (Å²) in [4.78, 5) is 0. The maximum atomic E-state index is 5.46. The molecule has 3 heteroatoms. The zero-order valence-corrected chi connectivity index (χ0v) is 11.3. The highest BCUT2D eigenvalue weighted by Gasteiger charge is 2.27. The van der Waals surface area contributed by atoms with Crippen LogP contribution in [0.2, 0.25) is 12.6 Å². The Labute approximate surface area is 94.2 Å². The molecule has 1 aliphatic carbocycles. The van der Waals surface area contributed by atoms with Crippen LogP contribution in [-0.4, -0.2) is 22.8 Å². The summed E-state index contributed by atoms with van der Waals surface area (Å²) in [5, 5.41) is 0. The van der Waals surface area contributed by atoms with Gasteiger partial charge in [0, 0.05) is 14.2 Å². The molecular formula is C12H22O2Si. The van der Waals surface area contributed by atoms with Gasteiger partial charge in [-0.15, -0.1) is 0 Å². The Balaban J connectivity index is 2.30. The second-order valence-corrected chi connectivity index (χ2v) is 7.83. The van der Waals surface area contributed by atoms with Crippen molar-refractivity contribution < 1.29 is 8.85 Å². The van der Waals surface area contributed by atoms with E-state index in [1.807, 2.05) is 0 Å². The molecule has 1 rings (SSSR count). The standard InChI is InChI=1S/C12H22O2Si/c1-11-7-5-8-12(11)9-6-10-15(4,13-2)14-3/h7-8H,5-6,9-10H2,1-4H3. The first-order chi connectivity index (χ1) is 7.11. The van der Waals surface area contributed by atoms with E-state index in [4.69, 9.17) is 8.85 Å². The third kappa shape index (κ3) is 3.59. The van der Waals surface area contributed by atoms with Gasteiger partial charge in [-0.3, -0.25) is 0 Å². The van der Waals surface area contributed by atoms with Gasteiger partial charge in [-0.2, -0.15) is 0 Å². The molecule has 0 N–H and O–H groups in total. The first kappa shape index (κ1) is 12.7. The summed E-state index contributed by atoms with van der Waals surface area (Å²) in [6.45, 7) is 4.32. The van der Waals surface area contributed by atoms with Crippen LogP contribution in [0.3, 0.4) is 0 Å². The van der Waals surface area contributed by atoms with Gasteiger partial charge in [0.05, 0.1) is 0 Å². The minimum Gasteiger partial charge on any atom is -0.398 e. The topological polar surface area (TPSA) is 18.5 Å². The summed E-state index contributed by atoms with van der Waals surface area (Å²) < 4.78 is 10.9. The van der Waals surface area contributed by atoms with Crippen molar-refractivity contribution in [1.29, 1.82) is 0 Å². The predicted octanol–water partition coefficient (Wildman–Crippen LogP) is 3.41. The van der Waals surface area contributed by atoms with E-state index in [1.54, 1.807) is 14.2 Å². The van der Waals surface area contributed by atoms with Crippen molar-refractivity contribution in [1.82, 2.24) is 0 Å². The molecule has 0 unspecified atom stereocenters. The van der Waals surface area contributed by atoms with Gasteiger partial charge >= 0.3 is 8.56 Å². The second kappa shape index (κ2) is 5.63. The minimum absolute atomic E-state index is 1.07. The lowest BCUT2D eigenvalue weighted by atomic mass is 10.1. The van der Waals surface area contributed by atoms with Crippen LogP contribution in [0.1, 0.15) is 26.2 Å². The summed E-state index contributed by atoms with van der Waals surface area (Å²) in [7, 11) is 1.68. The van der Waals surface area contributed by atoms with Gasteiger partial charge in [0.15, 0.2) is 0 Å². The first-order valence-electron chi connectivity index (χ1n) is 5.58. The molecule has 86 valence electrons. The van der Waals surface area contributed by atoms with Crippen LogP contribution in [0.25, 0.3) is 0 Å². The van der Waals surface area contributed by atoms with Crippen molar-refractivity contribution in [3.63, 3.8) is 0 Å². The Bertz CT molecular complexity index is 265. The molecule has 0 aromatic carbocycles. The fourth-order valence-electron chi connectivity index (χ4n) is 1.86. The predicted molar refractivity (Wildman–Crippen MR) is 66.1 cm³/mol. The lowest BCUT2D eigenvalue weighted by Crippen LogP contribution is -2.35. The summed E-state index contributed by atoms with van der Waals surface area (Å²) >= 11 is 0. The highest BCUT2D eigenvalue weighted by molar-refractivity contribution is 6.65. The van der Waals surface area contributed by atoms with Crippen LogP contribution in [0.5, 0.6) is 0 Å².